The molecule has 0 bridgehead atoms. The molecule has 0 radical (unpaired) electrons. The van der Waals surface area contributed by atoms with Gasteiger partial charge in [-0.15, -0.1) is 0 Å². The second-order valence-electron chi connectivity index (χ2n) is 5.33. The maximum absolute atomic E-state index is 6.21. The van der Waals surface area contributed by atoms with Crippen LogP contribution in [0.1, 0.15) is 45.4 Å². The fourth-order valence-corrected chi connectivity index (χ4v) is 2.62. The lowest BCUT2D eigenvalue weighted by atomic mass is 9.84. The molecule has 4 heteroatoms. The van der Waals surface area contributed by atoms with Gasteiger partial charge in [0, 0.05) is 26.9 Å². The van der Waals surface area contributed by atoms with Crippen molar-refractivity contribution in [1.29, 1.82) is 0 Å². The highest BCUT2D eigenvalue weighted by atomic mass is 16.5. The molecule has 0 aliphatic heterocycles. The quantitative estimate of drug-likeness (QED) is 0.587. The monoisotopic (exact) mass is 273 g/mol. The lowest BCUT2D eigenvalue weighted by molar-refractivity contribution is -0.0742. The Labute approximate surface area is 118 Å². The van der Waals surface area contributed by atoms with Crippen molar-refractivity contribution in [2.45, 2.75) is 51.0 Å². The topological polar surface area (TPSA) is 39.7 Å². The smallest absolute Gasteiger partial charge is 0.0806 e. The van der Waals surface area contributed by atoms with E-state index in [1.807, 2.05) is 0 Å². The SMILES string of the molecule is CCNCC1(OCCCOCCOC)CCCCC1. The van der Waals surface area contributed by atoms with Gasteiger partial charge in [0.15, 0.2) is 0 Å². The predicted molar refractivity (Wildman–Crippen MR) is 77.6 cm³/mol. The molecule has 1 rings (SSSR count). The van der Waals surface area contributed by atoms with Gasteiger partial charge < -0.3 is 19.5 Å². The van der Waals surface area contributed by atoms with Crippen LogP contribution in [0.4, 0.5) is 0 Å². The summed E-state index contributed by atoms with van der Waals surface area (Å²) in [5, 5.41) is 3.45. The van der Waals surface area contributed by atoms with Crippen molar-refractivity contribution in [3.63, 3.8) is 0 Å². The third-order valence-electron chi connectivity index (χ3n) is 3.74. The van der Waals surface area contributed by atoms with Crippen molar-refractivity contribution in [2.75, 3.05) is 46.6 Å². The summed E-state index contributed by atoms with van der Waals surface area (Å²) in [6.07, 6.45) is 7.33. The van der Waals surface area contributed by atoms with Crippen LogP contribution in [0.3, 0.4) is 0 Å². The minimum absolute atomic E-state index is 0.0841. The number of methoxy groups -OCH3 is 1. The van der Waals surface area contributed by atoms with Gasteiger partial charge in [-0.05, 0) is 25.8 Å². The Morgan fingerprint density at radius 3 is 2.47 bits per heavy atom. The van der Waals surface area contributed by atoms with Crippen LogP contribution in [-0.2, 0) is 14.2 Å². The van der Waals surface area contributed by atoms with Gasteiger partial charge in [-0.1, -0.05) is 26.2 Å². The number of hydrogen-bond acceptors (Lipinski definition) is 4. The first-order valence-corrected chi connectivity index (χ1v) is 7.74. The molecule has 4 nitrogen and oxygen atoms in total. The molecule has 19 heavy (non-hydrogen) atoms. The van der Waals surface area contributed by atoms with Gasteiger partial charge in [0.25, 0.3) is 0 Å². The first kappa shape index (κ1) is 16.9. The molecule has 1 aliphatic rings. The molecule has 1 saturated carbocycles. The molecule has 0 aromatic rings. The summed E-state index contributed by atoms with van der Waals surface area (Å²) in [5.41, 5.74) is 0.0841. The third kappa shape index (κ3) is 7.25. The van der Waals surface area contributed by atoms with Crippen LogP contribution < -0.4 is 5.32 Å². The van der Waals surface area contributed by atoms with Gasteiger partial charge >= 0.3 is 0 Å². The Balaban J connectivity index is 2.14. The Hall–Kier alpha value is -0.160. The van der Waals surface area contributed by atoms with Gasteiger partial charge in [0.1, 0.15) is 0 Å². The molecule has 114 valence electrons. The van der Waals surface area contributed by atoms with E-state index in [0.717, 1.165) is 32.7 Å². The number of likely N-dealkylation sites (N-methyl/N-ethyl adjacent to an activating group) is 1. The zero-order chi connectivity index (χ0) is 13.8. The summed E-state index contributed by atoms with van der Waals surface area (Å²) in [6.45, 7) is 7.09. The predicted octanol–water partition coefficient (Wildman–Crippen LogP) is 2.37. The van der Waals surface area contributed by atoms with Gasteiger partial charge in [0.05, 0.1) is 18.8 Å². The van der Waals surface area contributed by atoms with Crippen molar-refractivity contribution >= 4 is 0 Å². The second-order valence-corrected chi connectivity index (χ2v) is 5.33. The van der Waals surface area contributed by atoms with E-state index < -0.39 is 0 Å². The molecule has 1 fully saturated rings. The van der Waals surface area contributed by atoms with Crippen LogP contribution in [-0.4, -0.2) is 52.2 Å². The maximum atomic E-state index is 6.21. The van der Waals surface area contributed by atoms with Gasteiger partial charge in [-0.2, -0.15) is 0 Å². The summed E-state index contributed by atoms with van der Waals surface area (Å²) >= 11 is 0. The highest BCUT2D eigenvalue weighted by molar-refractivity contribution is 4.86. The molecular formula is C15H31NO3. The molecule has 0 heterocycles. The minimum Gasteiger partial charge on any atom is -0.382 e. The van der Waals surface area contributed by atoms with Crippen LogP contribution in [0, 0.1) is 0 Å². The van der Waals surface area contributed by atoms with E-state index in [1.54, 1.807) is 7.11 Å². The first-order chi connectivity index (χ1) is 9.33. The zero-order valence-electron chi connectivity index (χ0n) is 12.7. The van der Waals surface area contributed by atoms with Gasteiger partial charge in [0.2, 0.25) is 0 Å². The van der Waals surface area contributed by atoms with Crippen molar-refractivity contribution in [3.05, 3.63) is 0 Å². The summed E-state index contributed by atoms with van der Waals surface area (Å²) in [7, 11) is 1.69. The molecule has 0 unspecified atom stereocenters. The van der Waals surface area contributed by atoms with Crippen LogP contribution in [0.5, 0.6) is 0 Å². The Morgan fingerprint density at radius 1 is 1.00 bits per heavy atom. The van der Waals surface area contributed by atoms with E-state index in [9.17, 15) is 0 Å². The average Bonchev–Trinajstić information content (AvgIpc) is 2.45. The Bertz CT molecular complexity index is 206. The summed E-state index contributed by atoms with van der Waals surface area (Å²) in [6, 6.07) is 0. The molecule has 0 amide bonds. The van der Waals surface area contributed by atoms with Gasteiger partial charge in [-0.25, -0.2) is 0 Å². The highest BCUT2D eigenvalue weighted by Crippen LogP contribution is 2.31. The number of hydrogen-bond donors (Lipinski definition) is 1. The van der Waals surface area contributed by atoms with E-state index in [0.29, 0.717) is 13.2 Å². The normalized spacial score (nSPS) is 18.6. The zero-order valence-corrected chi connectivity index (χ0v) is 12.7. The van der Waals surface area contributed by atoms with Crippen molar-refractivity contribution in [1.82, 2.24) is 5.32 Å². The van der Waals surface area contributed by atoms with Crippen LogP contribution in [0.25, 0.3) is 0 Å². The molecule has 1 N–H and O–H groups in total. The van der Waals surface area contributed by atoms with Crippen molar-refractivity contribution < 1.29 is 14.2 Å². The molecule has 0 aromatic heterocycles. The van der Waals surface area contributed by atoms with Crippen LogP contribution in [0.15, 0.2) is 0 Å². The fraction of sp³-hybridized carbons (Fsp3) is 1.00. The van der Waals surface area contributed by atoms with E-state index in [2.05, 4.69) is 12.2 Å². The number of rotatable bonds is 11. The second kappa shape index (κ2) is 10.6. The van der Waals surface area contributed by atoms with E-state index in [4.69, 9.17) is 14.2 Å². The fourth-order valence-electron chi connectivity index (χ4n) is 2.62. The Morgan fingerprint density at radius 2 is 1.79 bits per heavy atom. The molecule has 0 atom stereocenters. The number of nitrogens with one attached hydrogen (secondary N) is 1. The third-order valence-corrected chi connectivity index (χ3v) is 3.74. The average molecular weight is 273 g/mol. The largest absolute Gasteiger partial charge is 0.382 e. The van der Waals surface area contributed by atoms with E-state index in [-0.39, 0.29) is 5.60 Å². The first-order valence-electron chi connectivity index (χ1n) is 7.74. The van der Waals surface area contributed by atoms with Crippen molar-refractivity contribution in [3.8, 4) is 0 Å². The summed E-state index contributed by atoms with van der Waals surface area (Å²) < 4.78 is 16.6. The van der Waals surface area contributed by atoms with Crippen LogP contribution in [0.2, 0.25) is 0 Å². The van der Waals surface area contributed by atoms with E-state index in [1.165, 1.54) is 32.1 Å². The molecular weight excluding hydrogens is 242 g/mol. The van der Waals surface area contributed by atoms with Crippen molar-refractivity contribution in [2.24, 2.45) is 0 Å². The molecule has 0 saturated heterocycles. The molecule has 0 aromatic carbocycles. The Kier molecular flexibility index (Phi) is 9.43. The molecule has 1 aliphatic carbocycles. The lowest BCUT2D eigenvalue weighted by Crippen LogP contribution is -2.45. The van der Waals surface area contributed by atoms with E-state index >= 15 is 0 Å². The minimum atomic E-state index is 0.0841. The molecule has 0 spiro atoms. The van der Waals surface area contributed by atoms with Gasteiger partial charge in [-0.3, -0.25) is 0 Å². The number of ether oxygens (including phenoxy) is 3. The van der Waals surface area contributed by atoms with Crippen LogP contribution >= 0.6 is 0 Å². The highest BCUT2D eigenvalue weighted by Gasteiger charge is 2.32. The lowest BCUT2D eigenvalue weighted by Gasteiger charge is -2.37. The summed E-state index contributed by atoms with van der Waals surface area (Å²) in [5.74, 6) is 0. The maximum Gasteiger partial charge on any atom is 0.0806 e. The summed E-state index contributed by atoms with van der Waals surface area (Å²) in [4.78, 5) is 0. The standard InChI is InChI=1S/C15H31NO3/c1-3-16-14-15(8-5-4-6-9-15)19-11-7-10-18-13-12-17-2/h16H,3-14H2,1-2H3.